The van der Waals surface area contributed by atoms with Gasteiger partial charge in [-0.15, -0.1) is 0 Å². The fourth-order valence-electron chi connectivity index (χ4n) is 2.21. The quantitative estimate of drug-likeness (QED) is 0.828. The minimum atomic E-state index is -4.35. The van der Waals surface area contributed by atoms with Crippen LogP contribution in [0.1, 0.15) is 16.7 Å². The number of methoxy groups -OCH3 is 1. The largest absolute Gasteiger partial charge is 0.497 e. The molecule has 0 fully saturated rings. The molecule has 0 radical (unpaired) electrons. The molecule has 0 saturated carbocycles. The molecule has 0 unspecified atom stereocenters. The van der Waals surface area contributed by atoms with Gasteiger partial charge in [0.05, 0.1) is 19.1 Å². The van der Waals surface area contributed by atoms with Gasteiger partial charge >= 0.3 is 6.18 Å². The number of carbonyl (C=O) groups excluding carboxylic acids is 1. The number of rotatable bonds is 5. The average molecular weight is 337 g/mol. The first-order chi connectivity index (χ1) is 11.3. The Morgan fingerprint density at radius 3 is 2.04 bits per heavy atom. The van der Waals surface area contributed by atoms with Gasteiger partial charge in [0.2, 0.25) is 5.91 Å². The van der Waals surface area contributed by atoms with Crippen molar-refractivity contribution in [2.75, 3.05) is 14.2 Å². The van der Waals surface area contributed by atoms with Gasteiger partial charge in [-0.25, -0.2) is 0 Å². The molecule has 128 valence electrons. The molecule has 0 aliphatic carbocycles. The molecular formula is C18H18F3NO2. The zero-order valence-electron chi connectivity index (χ0n) is 13.4. The third kappa shape index (κ3) is 4.75. The van der Waals surface area contributed by atoms with E-state index in [4.69, 9.17) is 4.74 Å². The van der Waals surface area contributed by atoms with Gasteiger partial charge in [0.25, 0.3) is 0 Å². The van der Waals surface area contributed by atoms with Crippen molar-refractivity contribution in [3.05, 3.63) is 65.2 Å². The lowest BCUT2D eigenvalue weighted by molar-refractivity contribution is -0.137. The van der Waals surface area contributed by atoms with Crippen molar-refractivity contribution in [1.29, 1.82) is 0 Å². The van der Waals surface area contributed by atoms with Crippen molar-refractivity contribution in [1.82, 2.24) is 4.90 Å². The number of halogens is 3. The maximum Gasteiger partial charge on any atom is 0.416 e. The van der Waals surface area contributed by atoms with Crippen LogP contribution in [0.25, 0.3) is 0 Å². The van der Waals surface area contributed by atoms with Crippen LogP contribution in [0, 0.1) is 0 Å². The Morgan fingerprint density at radius 2 is 1.54 bits per heavy atom. The van der Waals surface area contributed by atoms with Crippen LogP contribution in [0.15, 0.2) is 48.5 Å². The van der Waals surface area contributed by atoms with Crippen LogP contribution in [-0.2, 0) is 23.9 Å². The molecule has 2 aromatic rings. The van der Waals surface area contributed by atoms with Gasteiger partial charge in [0, 0.05) is 13.6 Å². The predicted molar refractivity (Wildman–Crippen MR) is 84.6 cm³/mol. The summed E-state index contributed by atoms with van der Waals surface area (Å²) in [4.78, 5) is 13.7. The smallest absolute Gasteiger partial charge is 0.416 e. The number of ether oxygens (including phenoxy) is 1. The Morgan fingerprint density at radius 1 is 1.00 bits per heavy atom. The van der Waals surface area contributed by atoms with E-state index in [1.165, 1.54) is 17.0 Å². The summed E-state index contributed by atoms with van der Waals surface area (Å²) in [5.41, 5.74) is 0.798. The first-order valence-electron chi connectivity index (χ1n) is 7.32. The third-order valence-corrected chi connectivity index (χ3v) is 3.64. The van der Waals surface area contributed by atoms with Gasteiger partial charge in [-0.2, -0.15) is 13.2 Å². The van der Waals surface area contributed by atoms with Crippen LogP contribution >= 0.6 is 0 Å². The summed E-state index contributed by atoms with van der Waals surface area (Å²) in [5, 5.41) is 0. The second-order valence-electron chi connectivity index (χ2n) is 5.47. The minimum absolute atomic E-state index is 0.111. The molecule has 0 bridgehead atoms. The average Bonchev–Trinajstić information content (AvgIpc) is 2.55. The second-order valence-corrected chi connectivity index (χ2v) is 5.47. The molecule has 0 saturated heterocycles. The zero-order valence-corrected chi connectivity index (χ0v) is 13.4. The second kappa shape index (κ2) is 7.38. The molecule has 3 nitrogen and oxygen atoms in total. The van der Waals surface area contributed by atoms with Gasteiger partial charge in [0.15, 0.2) is 0 Å². The number of amides is 1. The van der Waals surface area contributed by atoms with Crippen LogP contribution in [-0.4, -0.2) is 25.0 Å². The van der Waals surface area contributed by atoms with Crippen molar-refractivity contribution in [3.63, 3.8) is 0 Å². The Bertz CT molecular complexity index is 679. The highest BCUT2D eigenvalue weighted by Crippen LogP contribution is 2.29. The van der Waals surface area contributed by atoms with Gasteiger partial charge in [-0.05, 0) is 35.4 Å². The number of hydrogen-bond acceptors (Lipinski definition) is 2. The van der Waals surface area contributed by atoms with E-state index in [-0.39, 0.29) is 18.9 Å². The van der Waals surface area contributed by atoms with Crippen molar-refractivity contribution in [2.24, 2.45) is 0 Å². The number of nitrogens with zero attached hydrogens (tertiary/aromatic N) is 1. The zero-order chi connectivity index (χ0) is 17.7. The van der Waals surface area contributed by atoms with E-state index in [1.54, 1.807) is 26.3 Å². The molecule has 0 spiro atoms. The van der Waals surface area contributed by atoms with Gasteiger partial charge in [-0.1, -0.05) is 24.3 Å². The van der Waals surface area contributed by atoms with Crippen molar-refractivity contribution >= 4 is 5.91 Å². The first kappa shape index (κ1) is 17.8. The summed E-state index contributed by atoms with van der Waals surface area (Å²) in [6, 6.07) is 12.0. The van der Waals surface area contributed by atoms with Crippen LogP contribution in [0.4, 0.5) is 13.2 Å². The van der Waals surface area contributed by atoms with E-state index in [0.29, 0.717) is 11.3 Å². The molecule has 0 aromatic heterocycles. The molecule has 1 amide bonds. The Labute approximate surface area is 138 Å². The van der Waals surface area contributed by atoms with Crippen molar-refractivity contribution < 1.29 is 22.7 Å². The van der Waals surface area contributed by atoms with Crippen molar-refractivity contribution in [3.8, 4) is 5.75 Å². The summed E-state index contributed by atoms with van der Waals surface area (Å²) in [7, 11) is 3.20. The fourth-order valence-corrected chi connectivity index (χ4v) is 2.21. The summed E-state index contributed by atoms with van der Waals surface area (Å²) in [6.45, 7) is 0.257. The Balaban J connectivity index is 1.95. The van der Waals surface area contributed by atoms with Gasteiger partial charge < -0.3 is 9.64 Å². The van der Waals surface area contributed by atoms with E-state index >= 15 is 0 Å². The number of benzene rings is 2. The van der Waals surface area contributed by atoms with E-state index in [2.05, 4.69) is 0 Å². The molecule has 2 aromatic carbocycles. The number of carbonyl (C=O) groups is 1. The molecule has 0 aliphatic rings. The van der Waals surface area contributed by atoms with Gasteiger partial charge in [-0.3, -0.25) is 4.79 Å². The summed E-state index contributed by atoms with van der Waals surface area (Å²) in [5.74, 6) is 0.601. The molecule has 0 N–H and O–H groups in total. The lowest BCUT2D eigenvalue weighted by atomic mass is 10.1. The summed E-state index contributed by atoms with van der Waals surface area (Å²) < 4.78 is 42.7. The molecular weight excluding hydrogens is 319 g/mol. The standard InChI is InChI=1S/C18H18F3NO2/c1-22(12-14-3-7-15(8-4-14)18(19,20)21)17(23)11-13-5-9-16(24-2)10-6-13/h3-10H,11-12H2,1-2H3. The molecule has 24 heavy (non-hydrogen) atoms. The maximum atomic E-state index is 12.5. The maximum absolute atomic E-state index is 12.5. The van der Waals surface area contributed by atoms with E-state index in [0.717, 1.165) is 17.7 Å². The Hall–Kier alpha value is -2.50. The summed E-state index contributed by atoms with van der Waals surface area (Å²) in [6.07, 6.45) is -4.13. The molecule has 0 heterocycles. The highest BCUT2D eigenvalue weighted by Gasteiger charge is 2.29. The molecule has 0 aliphatic heterocycles. The highest BCUT2D eigenvalue weighted by molar-refractivity contribution is 5.78. The number of hydrogen-bond donors (Lipinski definition) is 0. The lowest BCUT2D eigenvalue weighted by Gasteiger charge is -2.18. The van der Waals surface area contributed by atoms with Crippen LogP contribution < -0.4 is 4.74 Å². The first-order valence-corrected chi connectivity index (χ1v) is 7.32. The number of likely N-dealkylation sites (N-methyl/N-ethyl adjacent to an activating group) is 1. The normalized spacial score (nSPS) is 11.2. The Kier molecular flexibility index (Phi) is 5.49. The topological polar surface area (TPSA) is 29.5 Å². The van der Waals surface area contributed by atoms with Crippen LogP contribution in [0.5, 0.6) is 5.75 Å². The van der Waals surface area contributed by atoms with Crippen LogP contribution in [0.2, 0.25) is 0 Å². The predicted octanol–water partition coefficient (Wildman–Crippen LogP) is 3.92. The number of alkyl halides is 3. The molecule has 2 rings (SSSR count). The molecule has 0 atom stereocenters. The van der Waals surface area contributed by atoms with Crippen LogP contribution in [0.3, 0.4) is 0 Å². The van der Waals surface area contributed by atoms with Gasteiger partial charge in [0.1, 0.15) is 5.75 Å². The van der Waals surface area contributed by atoms with E-state index in [1.807, 2.05) is 12.1 Å². The SMILES string of the molecule is COc1ccc(CC(=O)N(C)Cc2ccc(C(F)(F)F)cc2)cc1. The highest BCUT2D eigenvalue weighted by atomic mass is 19.4. The monoisotopic (exact) mass is 337 g/mol. The van der Waals surface area contributed by atoms with E-state index in [9.17, 15) is 18.0 Å². The lowest BCUT2D eigenvalue weighted by Crippen LogP contribution is -2.27. The van der Waals surface area contributed by atoms with Crippen molar-refractivity contribution in [2.45, 2.75) is 19.1 Å². The van der Waals surface area contributed by atoms with E-state index < -0.39 is 11.7 Å². The third-order valence-electron chi connectivity index (χ3n) is 3.64. The summed E-state index contributed by atoms with van der Waals surface area (Å²) >= 11 is 0. The fraction of sp³-hybridized carbons (Fsp3) is 0.278. The minimum Gasteiger partial charge on any atom is -0.497 e. The molecule has 6 heteroatoms.